The van der Waals surface area contributed by atoms with Gasteiger partial charge in [0.2, 0.25) is 5.91 Å². The fraction of sp³-hybridized carbons (Fsp3) is 0.304. The summed E-state index contributed by atoms with van der Waals surface area (Å²) >= 11 is 1.26. The van der Waals surface area contributed by atoms with Gasteiger partial charge in [-0.25, -0.2) is 0 Å². The Balaban J connectivity index is 1.45. The highest BCUT2D eigenvalue weighted by Gasteiger charge is 2.31. The number of carbonyl (C=O) groups excluding carboxylic acids is 2. The van der Waals surface area contributed by atoms with Gasteiger partial charge in [-0.1, -0.05) is 18.2 Å². The van der Waals surface area contributed by atoms with Crippen LogP contribution in [-0.4, -0.2) is 33.2 Å². The summed E-state index contributed by atoms with van der Waals surface area (Å²) in [7, 11) is 0. The van der Waals surface area contributed by atoms with Gasteiger partial charge in [-0.05, 0) is 41.7 Å². The van der Waals surface area contributed by atoms with Gasteiger partial charge in [0, 0.05) is 31.5 Å². The van der Waals surface area contributed by atoms with E-state index in [1.807, 2.05) is 6.92 Å². The lowest BCUT2D eigenvalue weighted by molar-refractivity contribution is -0.138. The van der Waals surface area contributed by atoms with E-state index in [2.05, 4.69) is 15.3 Å². The van der Waals surface area contributed by atoms with Crippen LogP contribution in [0.2, 0.25) is 0 Å². The van der Waals surface area contributed by atoms with Gasteiger partial charge < -0.3 is 10.2 Å². The quantitative estimate of drug-likeness (QED) is 0.608. The van der Waals surface area contributed by atoms with Gasteiger partial charge in [0.25, 0.3) is 5.91 Å². The number of nitrogens with one attached hydrogen (secondary N) is 1. The van der Waals surface area contributed by atoms with Crippen molar-refractivity contribution in [1.82, 2.24) is 20.2 Å². The molecule has 0 aliphatic carbocycles. The van der Waals surface area contributed by atoms with Crippen molar-refractivity contribution in [2.75, 3.05) is 6.54 Å². The summed E-state index contributed by atoms with van der Waals surface area (Å²) in [5.41, 5.74) is 4.83. The molecule has 0 spiro atoms. The molecule has 0 bridgehead atoms. The zero-order chi connectivity index (χ0) is 23.6. The third kappa shape index (κ3) is 5.22. The molecule has 10 heteroatoms. The molecule has 0 radical (unpaired) electrons. The summed E-state index contributed by atoms with van der Waals surface area (Å²) in [4.78, 5) is 35.6. The number of alkyl halides is 3. The van der Waals surface area contributed by atoms with Gasteiger partial charge in [-0.3, -0.25) is 19.6 Å². The molecule has 3 heterocycles. The molecular formula is C23H21F3N4O2S. The average Bonchev–Trinajstić information content (AvgIpc) is 3.32. The van der Waals surface area contributed by atoms with Gasteiger partial charge in [0.15, 0.2) is 0 Å². The number of hydrogen-bond donors (Lipinski definition) is 1. The minimum absolute atomic E-state index is 0.101. The van der Waals surface area contributed by atoms with Crippen LogP contribution in [0.3, 0.4) is 0 Å². The summed E-state index contributed by atoms with van der Waals surface area (Å²) in [6, 6.07) is 4.86. The Kier molecular flexibility index (Phi) is 6.46. The Morgan fingerprint density at radius 3 is 2.79 bits per heavy atom. The number of rotatable bonds is 5. The molecule has 172 valence electrons. The van der Waals surface area contributed by atoms with Crippen LogP contribution in [0, 0.1) is 6.92 Å². The Morgan fingerprint density at radius 2 is 2.06 bits per heavy atom. The zero-order valence-electron chi connectivity index (χ0n) is 17.8. The lowest BCUT2D eigenvalue weighted by atomic mass is 9.94. The van der Waals surface area contributed by atoms with Crippen LogP contribution < -0.4 is 5.32 Å². The van der Waals surface area contributed by atoms with Crippen LogP contribution in [0.4, 0.5) is 13.2 Å². The van der Waals surface area contributed by atoms with Gasteiger partial charge in [-0.15, -0.1) is 11.3 Å². The third-order valence-corrected chi connectivity index (χ3v) is 6.41. The molecule has 2 amide bonds. The Bertz CT molecular complexity index is 1180. The first-order valence-electron chi connectivity index (χ1n) is 10.3. The van der Waals surface area contributed by atoms with E-state index in [0.29, 0.717) is 36.5 Å². The molecule has 3 aromatic rings. The van der Waals surface area contributed by atoms with Crippen molar-refractivity contribution < 1.29 is 22.8 Å². The molecule has 1 aliphatic rings. The van der Waals surface area contributed by atoms with Crippen LogP contribution in [0.15, 0.2) is 42.2 Å². The van der Waals surface area contributed by atoms with E-state index >= 15 is 0 Å². The highest BCUT2D eigenvalue weighted by atomic mass is 32.1. The van der Waals surface area contributed by atoms with Crippen LogP contribution in [0.5, 0.6) is 0 Å². The molecule has 1 aliphatic heterocycles. The molecule has 6 nitrogen and oxygen atoms in total. The molecule has 0 atom stereocenters. The molecule has 0 saturated heterocycles. The highest BCUT2D eigenvalue weighted by Crippen LogP contribution is 2.30. The number of aromatic nitrogens is 2. The van der Waals surface area contributed by atoms with E-state index in [9.17, 15) is 22.8 Å². The highest BCUT2D eigenvalue weighted by molar-refractivity contribution is 7.11. The van der Waals surface area contributed by atoms with Crippen LogP contribution in [0.1, 0.15) is 43.2 Å². The standard InChI is InChI=1S/C23H21F3N4O2S/c1-14-19(10-29-22(32)20-11-27-13-33-20)18-5-6-30(12-16(18)9-28-14)21(31)8-15-3-2-4-17(7-15)23(24,25)26/h2-4,7,9,11,13H,5-6,8,10,12H2,1H3,(H,29,32). The lowest BCUT2D eigenvalue weighted by Gasteiger charge is -2.30. The smallest absolute Gasteiger partial charge is 0.347 e. The largest absolute Gasteiger partial charge is 0.416 e. The van der Waals surface area contributed by atoms with E-state index in [-0.39, 0.29) is 18.2 Å². The summed E-state index contributed by atoms with van der Waals surface area (Å²) in [5.74, 6) is -0.441. The number of aryl methyl sites for hydroxylation is 1. The topological polar surface area (TPSA) is 75.2 Å². The van der Waals surface area contributed by atoms with Crippen molar-refractivity contribution in [1.29, 1.82) is 0 Å². The third-order valence-electron chi connectivity index (χ3n) is 5.64. The minimum atomic E-state index is -4.45. The van der Waals surface area contributed by atoms with Gasteiger partial charge >= 0.3 is 6.18 Å². The second kappa shape index (κ2) is 9.30. The Morgan fingerprint density at radius 1 is 1.24 bits per heavy atom. The van der Waals surface area contributed by atoms with Gasteiger partial charge in [0.1, 0.15) is 4.88 Å². The van der Waals surface area contributed by atoms with Crippen molar-refractivity contribution in [3.8, 4) is 0 Å². The number of pyridine rings is 1. The van der Waals surface area contributed by atoms with Crippen LogP contribution >= 0.6 is 11.3 Å². The molecule has 33 heavy (non-hydrogen) atoms. The molecule has 0 fully saturated rings. The zero-order valence-corrected chi connectivity index (χ0v) is 18.6. The monoisotopic (exact) mass is 474 g/mol. The first-order valence-corrected chi connectivity index (χ1v) is 11.2. The molecule has 1 aromatic carbocycles. The van der Waals surface area contributed by atoms with E-state index < -0.39 is 11.7 Å². The van der Waals surface area contributed by atoms with Crippen molar-refractivity contribution >= 4 is 23.2 Å². The van der Waals surface area contributed by atoms with Crippen LogP contribution in [0.25, 0.3) is 0 Å². The molecule has 2 aromatic heterocycles. The predicted octanol–water partition coefficient (Wildman–Crippen LogP) is 3.92. The van der Waals surface area contributed by atoms with Gasteiger partial charge in [-0.2, -0.15) is 13.2 Å². The minimum Gasteiger partial charge on any atom is -0.347 e. The van der Waals surface area contributed by atoms with E-state index in [1.54, 1.807) is 16.6 Å². The van der Waals surface area contributed by atoms with Crippen molar-refractivity contribution in [2.45, 2.75) is 39.0 Å². The normalized spacial score (nSPS) is 13.5. The first kappa shape index (κ1) is 22.9. The first-order chi connectivity index (χ1) is 15.7. The van der Waals surface area contributed by atoms with Crippen molar-refractivity contribution in [3.63, 3.8) is 0 Å². The van der Waals surface area contributed by atoms with Gasteiger partial charge in [0.05, 0.1) is 23.7 Å². The average molecular weight is 475 g/mol. The summed E-state index contributed by atoms with van der Waals surface area (Å²) in [6.07, 6.45) is -0.726. The van der Waals surface area contributed by atoms with E-state index in [4.69, 9.17) is 0 Å². The molecular weight excluding hydrogens is 453 g/mol. The van der Waals surface area contributed by atoms with Crippen LogP contribution in [-0.2, 0) is 36.9 Å². The summed E-state index contributed by atoms with van der Waals surface area (Å²) < 4.78 is 38.9. The van der Waals surface area contributed by atoms with E-state index in [0.717, 1.165) is 34.5 Å². The van der Waals surface area contributed by atoms with Crippen molar-refractivity contribution in [2.24, 2.45) is 0 Å². The Hall–Kier alpha value is -3.27. The fourth-order valence-corrected chi connectivity index (χ4v) is 4.43. The lowest BCUT2D eigenvalue weighted by Crippen LogP contribution is -2.38. The number of nitrogens with zero attached hydrogens (tertiary/aromatic N) is 3. The number of hydrogen-bond acceptors (Lipinski definition) is 5. The maximum Gasteiger partial charge on any atom is 0.416 e. The summed E-state index contributed by atoms with van der Waals surface area (Å²) in [6.45, 7) is 2.97. The molecule has 0 saturated carbocycles. The number of fused-ring (bicyclic) bond motifs is 1. The molecule has 4 rings (SSSR count). The summed E-state index contributed by atoms with van der Waals surface area (Å²) in [5, 5.41) is 2.90. The molecule has 0 unspecified atom stereocenters. The number of thiazole rings is 1. The number of halogens is 3. The maximum atomic E-state index is 13.0. The second-order valence-corrected chi connectivity index (χ2v) is 8.70. The van der Waals surface area contributed by atoms with E-state index in [1.165, 1.54) is 29.7 Å². The SMILES string of the molecule is Cc1ncc2c(c1CNC(=O)c1cncs1)CCN(C(=O)Cc1cccc(C(F)(F)F)c1)C2. The number of benzene rings is 1. The maximum absolute atomic E-state index is 13.0. The number of carbonyl (C=O) groups is 2. The fourth-order valence-electron chi connectivity index (χ4n) is 3.90. The predicted molar refractivity (Wildman–Crippen MR) is 117 cm³/mol. The van der Waals surface area contributed by atoms with Crippen molar-refractivity contribution in [3.05, 3.63) is 80.6 Å². The molecule has 1 N–H and O–H groups in total. The second-order valence-electron chi connectivity index (χ2n) is 7.81. The number of amides is 2. The Labute approximate surface area is 192 Å².